The highest BCUT2D eigenvalue weighted by atomic mass is 16.5. The Kier molecular flexibility index (Phi) is 9.57. The molecule has 1 aliphatic rings. The van der Waals surface area contributed by atoms with E-state index in [1.165, 1.54) is 0 Å². The van der Waals surface area contributed by atoms with Crippen molar-refractivity contribution in [1.29, 1.82) is 0 Å². The van der Waals surface area contributed by atoms with Gasteiger partial charge in [-0.2, -0.15) is 0 Å². The summed E-state index contributed by atoms with van der Waals surface area (Å²) in [5.41, 5.74) is 2.06. The van der Waals surface area contributed by atoms with E-state index in [1.807, 2.05) is 47.4 Å². The molecule has 7 heteroatoms. The van der Waals surface area contributed by atoms with Crippen LogP contribution in [0.3, 0.4) is 0 Å². The SMILES string of the molecule is CCCN(CCC)C(=O)c1cccc(NCC(=O)Nc2ccc(OCC3CCCO3)cc2)c1. The first kappa shape index (κ1) is 24.6. The summed E-state index contributed by atoms with van der Waals surface area (Å²) in [6.45, 7) is 7.07. The number of amides is 2. The number of nitrogens with zero attached hydrogens (tertiary/aromatic N) is 1. The van der Waals surface area contributed by atoms with E-state index in [0.717, 1.165) is 56.8 Å². The predicted molar refractivity (Wildman–Crippen MR) is 131 cm³/mol. The third-order valence-electron chi connectivity index (χ3n) is 5.43. The Morgan fingerprint density at radius 2 is 1.82 bits per heavy atom. The molecule has 2 aromatic rings. The lowest BCUT2D eigenvalue weighted by atomic mass is 10.1. The number of nitrogens with one attached hydrogen (secondary N) is 2. The molecule has 1 unspecified atom stereocenters. The minimum absolute atomic E-state index is 0.0219. The summed E-state index contributed by atoms with van der Waals surface area (Å²) in [7, 11) is 0. The Hall–Kier alpha value is -3.06. The van der Waals surface area contributed by atoms with Crippen LogP contribution in [0.5, 0.6) is 5.75 Å². The summed E-state index contributed by atoms with van der Waals surface area (Å²) in [5.74, 6) is 0.607. The van der Waals surface area contributed by atoms with Crippen LogP contribution in [0.15, 0.2) is 48.5 Å². The Morgan fingerprint density at radius 3 is 2.48 bits per heavy atom. The van der Waals surface area contributed by atoms with Crippen LogP contribution in [0.2, 0.25) is 0 Å². The molecule has 0 spiro atoms. The Morgan fingerprint density at radius 1 is 1.06 bits per heavy atom. The molecule has 0 aromatic heterocycles. The number of benzene rings is 2. The van der Waals surface area contributed by atoms with Gasteiger partial charge in [-0.15, -0.1) is 0 Å². The maximum Gasteiger partial charge on any atom is 0.253 e. The third-order valence-corrected chi connectivity index (χ3v) is 5.43. The smallest absolute Gasteiger partial charge is 0.253 e. The topological polar surface area (TPSA) is 79.9 Å². The lowest BCUT2D eigenvalue weighted by Crippen LogP contribution is -2.32. The van der Waals surface area contributed by atoms with Crippen molar-refractivity contribution < 1.29 is 19.1 Å². The predicted octanol–water partition coefficient (Wildman–Crippen LogP) is 4.56. The number of rotatable bonds is 12. The number of hydrogen-bond donors (Lipinski definition) is 2. The van der Waals surface area contributed by atoms with Gasteiger partial charge in [0.05, 0.1) is 12.6 Å². The van der Waals surface area contributed by atoms with Crippen molar-refractivity contribution in [3.63, 3.8) is 0 Å². The summed E-state index contributed by atoms with van der Waals surface area (Å²) in [6.07, 6.45) is 4.14. The molecule has 1 saturated heterocycles. The first-order valence-corrected chi connectivity index (χ1v) is 11.9. The molecule has 33 heavy (non-hydrogen) atoms. The molecule has 0 radical (unpaired) electrons. The molecule has 0 aliphatic carbocycles. The second kappa shape index (κ2) is 12.8. The molecule has 2 N–H and O–H groups in total. The highest BCUT2D eigenvalue weighted by Crippen LogP contribution is 2.19. The van der Waals surface area contributed by atoms with Crippen LogP contribution in [0.1, 0.15) is 49.9 Å². The van der Waals surface area contributed by atoms with Crippen LogP contribution in [-0.2, 0) is 9.53 Å². The molecule has 7 nitrogen and oxygen atoms in total. The fraction of sp³-hybridized carbons (Fsp3) is 0.462. The summed E-state index contributed by atoms with van der Waals surface area (Å²) in [6, 6.07) is 14.6. The lowest BCUT2D eigenvalue weighted by molar-refractivity contribution is -0.114. The van der Waals surface area contributed by atoms with E-state index in [9.17, 15) is 9.59 Å². The van der Waals surface area contributed by atoms with Crippen LogP contribution >= 0.6 is 0 Å². The van der Waals surface area contributed by atoms with Gasteiger partial charge in [0, 0.05) is 36.6 Å². The van der Waals surface area contributed by atoms with Crippen LogP contribution in [0.25, 0.3) is 0 Å². The quantitative estimate of drug-likeness (QED) is 0.493. The number of carbonyl (C=O) groups excluding carboxylic acids is 2. The van der Waals surface area contributed by atoms with Crippen molar-refractivity contribution in [3.8, 4) is 5.75 Å². The molecule has 178 valence electrons. The summed E-state index contributed by atoms with van der Waals surface area (Å²) in [4.78, 5) is 27.1. The first-order chi connectivity index (χ1) is 16.1. The zero-order valence-electron chi connectivity index (χ0n) is 19.6. The summed E-state index contributed by atoms with van der Waals surface area (Å²) in [5, 5.41) is 5.97. The zero-order valence-corrected chi connectivity index (χ0v) is 19.6. The highest BCUT2D eigenvalue weighted by Gasteiger charge is 2.16. The van der Waals surface area contributed by atoms with Gasteiger partial charge in [-0.05, 0) is 68.1 Å². The minimum Gasteiger partial charge on any atom is -0.491 e. The number of carbonyl (C=O) groups is 2. The molecule has 2 amide bonds. The van der Waals surface area contributed by atoms with E-state index in [0.29, 0.717) is 17.9 Å². The fourth-order valence-corrected chi connectivity index (χ4v) is 3.79. The van der Waals surface area contributed by atoms with E-state index in [2.05, 4.69) is 24.5 Å². The third kappa shape index (κ3) is 7.79. The number of ether oxygens (including phenoxy) is 2. The first-order valence-electron chi connectivity index (χ1n) is 11.9. The molecular formula is C26H35N3O4. The van der Waals surface area contributed by atoms with Gasteiger partial charge in [0.1, 0.15) is 12.4 Å². The van der Waals surface area contributed by atoms with Gasteiger partial charge in [-0.25, -0.2) is 0 Å². The van der Waals surface area contributed by atoms with Crippen molar-refractivity contribution >= 4 is 23.2 Å². The largest absolute Gasteiger partial charge is 0.491 e. The maximum absolute atomic E-state index is 12.8. The van der Waals surface area contributed by atoms with Gasteiger partial charge in [0.15, 0.2) is 0 Å². The Balaban J connectivity index is 1.47. The van der Waals surface area contributed by atoms with E-state index < -0.39 is 0 Å². The Bertz CT molecular complexity index is 889. The van der Waals surface area contributed by atoms with Crippen LogP contribution in [0, 0.1) is 0 Å². The molecule has 2 aromatic carbocycles. The fourth-order valence-electron chi connectivity index (χ4n) is 3.79. The molecule has 1 heterocycles. The molecule has 0 saturated carbocycles. The average Bonchev–Trinajstić information content (AvgIpc) is 3.36. The zero-order chi connectivity index (χ0) is 23.5. The normalized spacial score (nSPS) is 15.2. The number of anilines is 2. The molecule has 3 rings (SSSR count). The number of hydrogen-bond acceptors (Lipinski definition) is 5. The highest BCUT2D eigenvalue weighted by molar-refractivity contribution is 5.96. The summed E-state index contributed by atoms with van der Waals surface area (Å²) < 4.78 is 11.3. The van der Waals surface area contributed by atoms with Gasteiger partial charge in [0.25, 0.3) is 5.91 Å². The van der Waals surface area contributed by atoms with Gasteiger partial charge in [-0.1, -0.05) is 19.9 Å². The van der Waals surface area contributed by atoms with Crippen molar-refractivity contribution in [2.24, 2.45) is 0 Å². The Labute approximate surface area is 196 Å². The van der Waals surface area contributed by atoms with E-state index >= 15 is 0 Å². The van der Waals surface area contributed by atoms with Gasteiger partial charge < -0.3 is 25.0 Å². The second-order valence-corrected chi connectivity index (χ2v) is 8.25. The van der Waals surface area contributed by atoms with Crippen molar-refractivity contribution in [1.82, 2.24) is 4.90 Å². The molecule has 1 atom stereocenters. The van der Waals surface area contributed by atoms with Crippen LogP contribution in [-0.4, -0.2) is 55.7 Å². The molecule has 1 fully saturated rings. The monoisotopic (exact) mass is 453 g/mol. The van der Waals surface area contributed by atoms with E-state index in [-0.39, 0.29) is 24.5 Å². The molecule has 0 bridgehead atoms. The molecule has 1 aliphatic heterocycles. The van der Waals surface area contributed by atoms with E-state index in [1.54, 1.807) is 6.07 Å². The van der Waals surface area contributed by atoms with Gasteiger partial charge in [-0.3, -0.25) is 9.59 Å². The van der Waals surface area contributed by atoms with Crippen molar-refractivity contribution in [2.75, 3.05) is 43.5 Å². The van der Waals surface area contributed by atoms with Crippen LogP contribution < -0.4 is 15.4 Å². The van der Waals surface area contributed by atoms with Crippen LogP contribution in [0.4, 0.5) is 11.4 Å². The standard InChI is InChI=1S/C26H35N3O4/c1-3-14-29(15-4-2)26(31)20-7-5-8-22(17-20)27-18-25(30)28-21-10-12-23(13-11-21)33-19-24-9-6-16-32-24/h5,7-8,10-13,17,24,27H,3-4,6,9,14-16,18-19H2,1-2H3,(H,28,30). The molecular weight excluding hydrogens is 418 g/mol. The van der Waals surface area contributed by atoms with Crippen molar-refractivity contribution in [3.05, 3.63) is 54.1 Å². The second-order valence-electron chi connectivity index (χ2n) is 8.25. The lowest BCUT2D eigenvalue weighted by Gasteiger charge is -2.21. The van der Waals surface area contributed by atoms with Gasteiger partial charge >= 0.3 is 0 Å². The average molecular weight is 454 g/mol. The summed E-state index contributed by atoms with van der Waals surface area (Å²) >= 11 is 0. The van der Waals surface area contributed by atoms with Crippen molar-refractivity contribution in [2.45, 2.75) is 45.6 Å². The van der Waals surface area contributed by atoms with E-state index in [4.69, 9.17) is 9.47 Å². The minimum atomic E-state index is -0.168. The maximum atomic E-state index is 12.8. The van der Waals surface area contributed by atoms with Gasteiger partial charge in [0.2, 0.25) is 5.91 Å².